The molecule has 23 heavy (non-hydrogen) atoms. The van der Waals surface area contributed by atoms with Crippen molar-refractivity contribution in [3.05, 3.63) is 35.4 Å². The highest BCUT2D eigenvalue weighted by molar-refractivity contribution is 5.89. The number of aromatic carboxylic acids is 1. The maximum absolute atomic E-state index is 12.3. The number of hydrogen-bond acceptors (Lipinski definition) is 4. The van der Waals surface area contributed by atoms with E-state index >= 15 is 0 Å². The van der Waals surface area contributed by atoms with Crippen molar-refractivity contribution in [2.75, 3.05) is 13.6 Å². The number of carbonyl (C=O) groups is 2. The average Bonchev–Trinajstić information content (AvgIpc) is 2.55. The molecule has 1 rings (SSSR count). The lowest BCUT2D eigenvalue weighted by atomic mass is 10.0. The van der Waals surface area contributed by atoms with Gasteiger partial charge in [0.25, 0.3) is 0 Å². The average molecular weight is 321 g/mol. The van der Waals surface area contributed by atoms with Gasteiger partial charge in [-0.15, -0.1) is 0 Å². The molecule has 1 aromatic rings. The minimum absolute atomic E-state index is 0.0986. The normalized spacial score (nSPS) is 12.1. The van der Waals surface area contributed by atoms with Gasteiger partial charge in [0, 0.05) is 6.42 Å². The van der Waals surface area contributed by atoms with Crippen molar-refractivity contribution in [3.8, 4) is 0 Å². The molecule has 0 heterocycles. The van der Waals surface area contributed by atoms with E-state index in [0.717, 1.165) is 25.8 Å². The lowest BCUT2D eigenvalue weighted by molar-refractivity contribution is -0.132. The van der Waals surface area contributed by atoms with E-state index in [4.69, 9.17) is 4.74 Å². The number of unbranched alkanes of at least 4 members (excludes halogenated alkanes) is 1. The first-order valence-electron chi connectivity index (χ1n) is 8.20. The number of Topliss-reactive ketones (excluding diaryl/α,β-unsaturated/α-hetero) is 1. The molecule has 0 amide bonds. The van der Waals surface area contributed by atoms with E-state index in [-0.39, 0.29) is 18.0 Å². The fraction of sp³-hybridized carbons (Fsp3) is 0.556. The SMILES string of the molecule is CCCCC(OCc1ccccc1C(=O)O)C(=O)CCCNC. The minimum atomic E-state index is -0.977. The Bertz CT molecular complexity index is 502. The van der Waals surface area contributed by atoms with Crippen LogP contribution in [0, 0.1) is 0 Å². The first-order chi connectivity index (χ1) is 11.1. The monoisotopic (exact) mass is 321 g/mol. The largest absolute Gasteiger partial charge is 0.478 e. The molecule has 1 unspecified atom stereocenters. The Morgan fingerprint density at radius 2 is 2.00 bits per heavy atom. The molecule has 0 aliphatic heterocycles. The molecule has 0 radical (unpaired) electrons. The van der Waals surface area contributed by atoms with Gasteiger partial charge in [0.05, 0.1) is 12.2 Å². The number of benzene rings is 1. The summed E-state index contributed by atoms with van der Waals surface area (Å²) in [5.74, 6) is -0.879. The van der Waals surface area contributed by atoms with Crippen molar-refractivity contribution in [1.29, 1.82) is 0 Å². The van der Waals surface area contributed by atoms with Crippen molar-refractivity contribution < 1.29 is 19.4 Å². The Labute approximate surface area is 138 Å². The van der Waals surface area contributed by atoms with Crippen molar-refractivity contribution in [2.24, 2.45) is 0 Å². The van der Waals surface area contributed by atoms with E-state index in [0.29, 0.717) is 18.4 Å². The number of carboxylic acid groups (broad SMARTS) is 1. The number of nitrogens with one attached hydrogen (secondary N) is 1. The van der Waals surface area contributed by atoms with Crippen LogP contribution < -0.4 is 5.32 Å². The van der Waals surface area contributed by atoms with Gasteiger partial charge < -0.3 is 15.2 Å². The molecule has 128 valence electrons. The fourth-order valence-corrected chi connectivity index (χ4v) is 2.37. The predicted octanol–water partition coefficient (Wildman–Crippen LogP) is 3.03. The number of ether oxygens (including phenoxy) is 1. The Balaban J connectivity index is 2.66. The Hall–Kier alpha value is -1.72. The van der Waals surface area contributed by atoms with E-state index in [1.54, 1.807) is 24.3 Å². The number of rotatable bonds is 12. The Morgan fingerprint density at radius 1 is 1.26 bits per heavy atom. The van der Waals surface area contributed by atoms with Crippen LogP contribution in [0.5, 0.6) is 0 Å². The van der Waals surface area contributed by atoms with Gasteiger partial charge in [0.15, 0.2) is 5.78 Å². The summed E-state index contributed by atoms with van der Waals surface area (Å²) < 4.78 is 5.78. The standard InChI is InChI=1S/C18H27NO4/c1-3-4-11-17(16(20)10-7-12-19-2)23-13-14-8-5-6-9-15(14)18(21)22/h5-6,8-9,17,19H,3-4,7,10-13H2,1-2H3,(H,21,22). The van der Waals surface area contributed by atoms with Crippen molar-refractivity contribution in [2.45, 2.75) is 51.7 Å². The molecule has 0 bridgehead atoms. The number of carboxylic acids is 1. The minimum Gasteiger partial charge on any atom is -0.478 e. The molecule has 0 aromatic heterocycles. The maximum Gasteiger partial charge on any atom is 0.336 e. The van der Waals surface area contributed by atoms with Gasteiger partial charge in [-0.1, -0.05) is 38.0 Å². The maximum atomic E-state index is 12.3. The molecule has 0 saturated heterocycles. The molecule has 0 saturated carbocycles. The smallest absolute Gasteiger partial charge is 0.336 e. The van der Waals surface area contributed by atoms with Gasteiger partial charge in [0.2, 0.25) is 0 Å². The lowest BCUT2D eigenvalue weighted by Crippen LogP contribution is -2.25. The molecule has 5 nitrogen and oxygen atoms in total. The van der Waals surface area contributed by atoms with Crippen molar-refractivity contribution >= 4 is 11.8 Å². The van der Waals surface area contributed by atoms with Crippen molar-refractivity contribution in [1.82, 2.24) is 5.32 Å². The summed E-state index contributed by atoms with van der Waals surface area (Å²) >= 11 is 0. The molecular weight excluding hydrogens is 294 g/mol. The van der Waals surface area contributed by atoms with Crippen molar-refractivity contribution in [3.63, 3.8) is 0 Å². The first kappa shape index (κ1) is 19.3. The molecule has 1 atom stereocenters. The van der Waals surface area contributed by atoms with Crippen LogP contribution in [0.2, 0.25) is 0 Å². The summed E-state index contributed by atoms with van der Waals surface area (Å²) in [5, 5.41) is 12.2. The topological polar surface area (TPSA) is 75.6 Å². The molecule has 2 N–H and O–H groups in total. The van der Waals surface area contributed by atoms with Gasteiger partial charge in [-0.25, -0.2) is 4.79 Å². The fourth-order valence-electron chi connectivity index (χ4n) is 2.37. The lowest BCUT2D eigenvalue weighted by Gasteiger charge is -2.17. The third-order valence-electron chi connectivity index (χ3n) is 3.72. The van der Waals surface area contributed by atoms with Crippen LogP contribution in [0.4, 0.5) is 0 Å². The first-order valence-corrected chi connectivity index (χ1v) is 8.20. The molecule has 0 fully saturated rings. The summed E-state index contributed by atoms with van der Waals surface area (Å²) in [6.07, 6.45) is 3.42. The zero-order valence-corrected chi connectivity index (χ0v) is 14.0. The molecule has 0 aliphatic rings. The van der Waals surface area contributed by atoms with Crippen LogP contribution in [0.15, 0.2) is 24.3 Å². The highest BCUT2D eigenvalue weighted by Crippen LogP contribution is 2.15. The summed E-state index contributed by atoms with van der Waals surface area (Å²) in [6.45, 7) is 3.02. The second-order valence-corrected chi connectivity index (χ2v) is 5.58. The van der Waals surface area contributed by atoms with E-state index in [1.165, 1.54) is 0 Å². The van der Waals surface area contributed by atoms with Gasteiger partial charge >= 0.3 is 5.97 Å². The van der Waals surface area contributed by atoms with E-state index in [9.17, 15) is 14.7 Å². The third-order valence-corrected chi connectivity index (χ3v) is 3.72. The van der Waals surface area contributed by atoms with Crippen LogP contribution >= 0.6 is 0 Å². The van der Waals surface area contributed by atoms with E-state index < -0.39 is 12.1 Å². The van der Waals surface area contributed by atoms with Gasteiger partial charge in [0.1, 0.15) is 6.10 Å². The third kappa shape index (κ3) is 6.93. The molecule has 5 heteroatoms. The zero-order chi connectivity index (χ0) is 17.1. The highest BCUT2D eigenvalue weighted by atomic mass is 16.5. The van der Waals surface area contributed by atoms with Crippen LogP contribution in [0.25, 0.3) is 0 Å². The second-order valence-electron chi connectivity index (χ2n) is 5.58. The highest BCUT2D eigenvalue weighted by Gasteiger charge is 2.19. The quantitative estimate of drug-likeness (QED) is 0.579. The predicted molar refractivity (Wildman–Crippen MR) is 89.7 cm³/mol. The van der Waals surface area contributed by atoms with E-state index in [1.807, 2.05) is 7.05 Å². The summed E-state index contributed by atoms with van der Waals surface area (Å²) in [7, 11) is 1.86. The molecular formula is C18H27NO4. The summed E-state index contributed by atoms with van der Waals surface area (Å²) in [4.78, 5) is 23.5. The van der Waals surface area contributed by atoms with Gasteiger partial charge in [-0.3, -0.25) is 4.79 Å². The van der Waals surface area contributed by atoms with Crippen LogP contribution in [0.3, 0.4) is 0 Å². The summed E-state index contributed by atoms with van der Waals surface area (Å²) in [6, 6.07) is 6.74. The van der Waals surface area contributed by atoms with Crippen LogP contribution in [0.1, 0.15) is 54.9 Å². The Morgan fingerprint density at radius 3 is 2.65 bits per heavy atom. The zero-order valence-electron chi connectivity index (χ0n) is 14.0. The number of carbonyl (C=O) groups excluding carboxylic acids is 1. The van der Waals surface area contributed by atoms with E-state index in [2.05, 4.69) is 12.2 Å². The van der Waals surface area contributed by atoms with Crippen LogP contribution in [-0.2, 0) is 16.1 Å². The molecule has 0 spiro atoms. The summed E-state index contributed by atoms with van der Waals surface area (Å²) in [5.41, 5.74) is 0.828. The number of hydrogen-bond donors (Lipinski definition) is 2. The van der Waals surface area contributed by atoms with Gasteiger partial charge in [-0.2, -0.15) is 0 Å². The van der Waals surface area contributed by atoms with Crippen LogP contribution in [-0.4, -0.2) is 36.6 Å². The Kier molecular flexibility index (Phi) is 9.17. The molecule has 1 aromatic carbocycles. The second kappa shape index (κ2) is 10.9. The van der Waals surface area contributed by atoms with Gasteiger partial charge in [-0.05, 0) is 38.1 Å². The molecule has 0 aliphatic carbocycles. The number of ketones is 1.